The van der Waals surface area contributed by atoms with Crippen molar-refractivity contribution in [3.05, 3.63) is 0 Å². The molecule has 0 saturated heterocycles. The van der Waals surface area contributed by atoms with Gasteiger partial charge in [0.05, 0.1) is 12.1 Å². The van der Waals surface area contributed by atoms with Gasteiger partial charge < -0.3 is 0 Å². The Labute approximate surface area is 78.1 Å². The largest absolute Gasteiger partial charge is 0.422 e. The Balaban J connectivity index is 3.97. The Morgan fingerprint density at radius 3 is 2.31 bits per heavy atom. The first-order chi connectivity index (χ1) is 5.99. The second kappa shape index (κ2) is 5.66. The monoisotopic (exact) mass is 202 g/mol. The molecular weight excluding hydrogens is 190 g/mol. The van der Waals surface area contributed by atoms with Crippen LogP contribution in [0.15, 0.2) is 0 Å². The van der Waals surface area contributed by atoms with E-state index in [1.54, 1.807) is 0 Å². The first-order valence-corrected chi connectivity index (χ1v) is 6.57. The molecule has 1 atom stereocenters. The van der Waals surface area contributed by atoms with Crippen LogP contribution in [0.5, 0.6) is 0 Å². The van der Waals surface area contributed by atoms with Crippen molar-refractivity contribution in [1.29, 1.82) is 10.5 Å². The van der Waals surface area contributed by atoms with E-state index in [0.717, 1.165) is 6.55 Å². The lowest BCUT2D eigenvalue weighted by atomic mass is 10.0. The number of hydrogen-bond donors (Lipinski definition) is 0. The van der Waals surface area contributed by atoms with E-state index in [0.29, 0.717) is 6.42 Å². The predicted molar refractivity (Wildman–Crippen MR) is 47.2 cm³/mol. The number of halogens is 2. The fourth-order valence-corrected chi connectivity index (χ4v) is 2.54. The Bertz CT molecular complexity index is 224. The van der Waals surface area contributed by atoms with Gasteiger partial charge >= 0.3 is 8.74 Å². The maximum atomic E-state index is 12.7. The zero-order chi connectivity index (χ0) is 10.3. The highest BCUT2D eigenvalue weighted by molar-refractivity contribution is 6.64. The molecule has 1 unspecified atom stereocenters. The van der Waals surface area contributed by atoms with Crippen LogP contribution < -0.4 is 0 Å². The smallest absolute Gasteiger partial charge is 0.271 e. The summed E-state index contributed by atoms with van der Waals surface area (Å²) in [5.41, 5.74) is 0. The summed E-state index contributed by atoms with van der Waals surface area (Å²) in [7, 11) is -4.07. The summed E-state index contributed by atoms with van der Waals surface area (Å²) in [6, 6.07) is 3.62. The van der Waals surface area contributed by atoms with E-state index in [1.807, 2.05) is 12.1 Å². The van der Waals surface area contributed by atoms with Gasteiger partial charge in [-0.2, -0.15) is 10.5 Å². The van der Waals surface area contributed by atoms with Crippen LogP contribution in [-0.2, 0) is 0 Å². The van der Waals surface area contributed by atoms with E-state index in [-0.39, 0.29) is 24.8 Å². The molecule has 0 aromatic rings. The van der Waals surface area contributed by atoms with Crippen molar-refractivity contribution >= 4 is 8.74 Å². The third kappa shape index (κ3) is 7.42. The van der Waals surface area contributed by atoms with Crippen LogP contribution >= 0.6 is 0 Å². The molecule has 0 amide bonds. The van der Waals surface area contributed by atoms with Gasteiger partial charge in [0.2, 0.25) is 0 Å². The van der Waals surface area contributed by atoms with Crippen LogP contribution in [0.4, 0.5) is 8.22 Å². The topological polar surface area (TPSA) is 47.6 Å². The molecule has 72 valence electrons. The van der Waals surface area contributed by atoms with Gasteiger partial charge in [-0.1, -0.05) is 0 Å². The minimum atomic E-state index is -4.07. The lowest BCUT2D eigenvalue weighted by Crippen LogP contribution is -2.21. The summed E-state index contributed by atoms with van der Waals surface area (Å²) < 4.78 is 25.3. The van der Waals surface area contributed by atoms with Gasteiger partial charge in [-0.25, -0.2) is 0 Å². The van der Waals surface area contributed by atoms with Gasteiger partial charge in [-0.3, -0.25) is 8.22 Å². The number of nitriles is 2. The van der Waals surface area contributed by atoms with Crippen LogP contribution in [0.3, 0.4) is 0 Å². The van der Waals surface area contributed by atoms with E-state index in [1.165, 1.54) is 0 Å². The van der Waals surface area contributed by atoms with Crippen LogP contribution in [0.2, 0.25) is 12.6 Å². The van der Waals surface area contributed by atoms with Crippen molar-refractivity contribution in [2.75, 3.05) is 0 Å². The Morgan fingerprint density at radius 1 is 1.31 bits per heavy atom. The van der Waals surface area contributed by atoms with Gasteiger partial charge in [0.15, 0.2) is 0 Å². The van der Waals surface area contributed by atoms with Crippen molar-refractivity contribution < 1.29 is 8.22 Å². The fourth-order valence-electron chi connectivity index (χ4n) is 1.18. The molecule has 0 bridgehead atoms. The normalized spacial score (nSPS) is 13.0. The molecule has 0 aromatic heterocycles. The van der Waals surface area contributed by atoms with Crippen molar-refractivity contribution in [2.45, 2.75) is 31.9 Å². The first-order valence-electron chi connectivity index (χ1n) is 4.11. The minimum absolute atomic E-state index is 0.137. The Morgan fingerprint density at radius 2 is 1.92 bits per heavy atom. The SMILES string of the molecule is C[Si](F)(F)CC(CC#N)CCC#N. The highest BCUT2D eigenvalue weighted by Crippen LogP contribution is 2.25. The molecule has 0 aliphatic heterocycles. The summed E-state index contributed by atoms with van der Waals surface area (Å²) in [6.07, 6.45) is 0.815. The maximum absolute atomic E-state index is 12.7. The Hall–Kier alpha value is -0.943. The second-order valence-corrected chi connectivity index (χ2v) is 5.75. The number of nitrogens with zero attached hydrogens (tertiary/aromatic N) is 2. The summed E-state index contributed by atoms with van der Waals surface area (Å²) in [5.74, 6) is -0.295. The standard InChI is InChI=1S/C8H12F2N2Si/c1-13(9,10)7-8(4-6-12)3-2-5-11/h8H,2-4,7H2,1H3. The maximum Gasteiger partial charge on any atom is 0.422 e. The quantitative estimate of drug-likeness (QED) is 0.508. The molecule has 0 heterocycles. The summed E-state index contributed by atoms with van der Waals surface area (Å²) >= 11 is 0. The molecule has 0 saturated carbocycles. The van der Waals surface area contributed by atoms with Gasteiger partial charge in [0, 0.05) is 18.9 Å². The van der Waals surface area contributed by atoms with Crippen molar-refractivity contribution in [1.82, 2.24) is 0 Å². The van der Waals surface area contributed by atoms with Crippen LogP contribution in [0.25, 0.3) is 0 Å². The van der Waals surface area contributed by atoms with Crippen molar-refractivity contribution in [3.63, 3.8) is 0 Å². The van der Waals surface area contributed by atoms with Crippen molar-refractivity contribution in [3.8, 4) is 12.1 Å². The number of hydrogen-bond acceptors (Lipinski definition) is 2. The summed E-state index contributed by atoms with van der Waals surface area (Å²) in [6.45, 7) is 0.976. The van der Waals surface area contributed by atoms with E-state index in [9.17, 15) is 8.22 Å². The molecule has 13 heavy (non-hydrogen) atoms. The third-order valence-corrected chi connectivity index (χ3v) is 2.99. The molecule has 0 aromatic carbocycles. The second-order valence-electron chi connectivity index (χ2n) is 3.20. The molecule has 0 radical (unpaired) electrons. The average Bonchev–Trinajstić information content (AvgIpc) is 1.98. The zero-order valence-electron chi connectivity index (χ0n) is 7.56. The molecule has 0 N–H and O–H groups in total. The zero-order valence-corrected chi connectivity index (χ0v) is 8.56. The molecule has 0 rings (SSSR count). The lowest BCUT2D eigenvalue weighted by Gasteiger charge is -2.14. The van der Waals surface area contributed by atoms with Crippen LogP contribution in [0.1, 0.15) is 19.3 Å². The average molecular weight is 202 g/mol. The lowest BCUT2D eigenvalue weighted by molar-refractivity contribution is 0.495. The van der Waals surface area contributed by atoms with Gasteiger partial charge in [-0.15, -0.1) is 0 Å². The summed E-state index contributed by atoms with van der Waals surface area (Å²) in [4.78, 5) is 0. The van der Waals surface area contributed by atoms with E-state index in [4.69, 9.17) is 10.5 Å². The van der Waals surface area contributed by atoms with Gasteiger partial charge in [0.25, 0.3) is 0 Å². The molecule has 0 fully saturated rings. The number of rotatable bonds is 5. The molecule has 0 aliphatic carbocycles. The highest BCUT2D eigenvalue weighted by atomic mass is 28.4. The Kier molecular flexibility index (Phi) is 5.25. The van der Waals surface area contributed by atoms with Crippen LogP contribution in [0, 0.1) is 28.6 Å². The van der Waals surface area contributed by atoms with E-state index >= 15 is 0 Å². The van der Waals surface area contributed by atoms with E-state index < -0.39 is 8.74 Å². The predicted octanol–water partition coefficient (Wildman–Crippen LogP) is 2.83. The van der Waals surface area contributed by atoms with Gasteiger partial charge in [0.1, 0.15) is 0 Å². The molecule has 0 spiro atoms. The summed E-state index contributed by atoms with van der Waals surface area (Å²) in [5, 5.41) is 16.6. The first kappa shape index (κ1) is 12.1. The van der Waals surface area contributed by atoms with E-state index in [2.05, 4.69) is 0 Å². The third-order valence-electron chi connectivity index (χ3n) is 1.69. The molecular formula is C8H12F2N2Si. The molecule has 2 nitrogen and oxygen atoms in total. The molecule has 0 aliphatic rings. The minimum Gasteiger partial charge on any atom is -0.271 e. The highest BCUT2D eigenvalue weighted by Gasteiger charge is 2.31. The van der Waals surface area contributed by atoms with Crippen molar-refractivity contribution in [2.24, 2.45) is 5.92 Å². The van der Waals surface area contributed by atoms with Crippen LogP contribution in [-0.4, -0.2) is 8.74 Å². The molecule has 5 heteroatoms. The van der Waals surface area contributed by atoms with Gasteiger partial charge in [-0.05, 0) is 18.9 Å². The fraction of sp³-hybridized carbons (Fsp3) is 0.750.